The van der Waals surface area contributed by atoms with Gasteiger partial charge in [-0.25, -0.2) is 0 Å². The zero-order valence-corrected chi connectivity index (χ0v) is 14.7. The SMILES string of the molecule is CCOc1cccc(CNC(=NC)NC2CC2C)c1.I. The van der Waals surface area contributed by atoms with Crippen molar-refractivity contribution >= 4 is 29.9 Å². The summed E-state index contributed by atoms with van der Waals surface area (Å²) in [4.78, 5) is 4.24. The number of hydrogen-bond acceptors (Lipinski definition) is 2. The second-order valence-electron chi connectivity index (χ2n) is 4.97. The first-order valence-corrected chi connectivity index (χ1v) is 6.92. The molecule has 5 heteroatoms. The Hall–Kier alpha value is -0.980. The number of nitrogens with one attached hydrogen (secondary N) is 2. The fraction of sp³-hybridized carbons (Fsp3) is 0.533. The summed E-state index contributed by atoms with van der Waals surface area (Å²) >= 11 is 0. The molecule has 0 bridgehead atoms. The smallest absolute Gasteiger partial charge is 0.191 e. The van der Waals surface area contributed by atoms with Crippen LogP contribution < -0.4 is 15.4 Å². The summed E-state index contributed by atoms with van der Waals surface area (Å²) < 4.78 is 5.49. The predicted octanol–water partition coefficient (Wildman–Crippen LogP) is 2.78. The van der Waals surface area contributed by atoms with Gasteiger partial charge in [-0.15, -0.1) is 24.0 Å². The Morgan fingerprint density at radius 2 is 2.20 bits per heavy atom. The Bertz CT molecular complexity index is 450. The van der Waals surface area contributed by atoms with E-state index in [1.54, 1.807) is 7.05 Å². The number of benzene rings is 1. The molecule has 1 aromatic rings. The number of ether oxygens (including phenoxy) is 1. The van der Waals surface area contributed by atoms with Crippen LogP contribution in [0, 0.1) is 5.92 Å². The maximum absolute atomic E-state index is 5.49. The summed E-state index contributed by atoms with van der Waals surface area (Å²) in [5.74, 6) is 2.55. The van der Waals surface area contributed by atoms with Gasteiger partial charge in [0.1, 0.15) is 5.75 Å². The summed E-state index contributed by atoms with van der Waals surface area (Å²) in [5, 5.41) is 6.74. The highest BCUT2D eigenvalue weighted by Crippen LogP contribution is 2.28. The lowest BCUT2D eigenvalue weighted by atomic mass is 10.2. The van der Waals surface area contributed by atoms with Gasteiger partial charge in [-0.1, -0.05) is 19.1 Å². The average molecular weight is 389 g/mol. The quantitative estimate of drug-likeness (QED) is 0.463. The van der Waals surface area contributed by atoms with E-state index in [4.69, 9.17) is 4.74 Å². The summed E-state index contributed by atoms with van der Waals surface area (Å²) in [7, 11) is 1.80. The molecule has 0 aliphatic heterocycles. The molecule has 0 saturated heterocycles. The largest absolute Gasteiger partial charge is 0.494 e. The fourth-order valence-electron chi connectivity index (χ4n) is 1.99. The van der Waals surface area contributed by atoms with Crippen molar-refractivity contribution in [2.75, 3.05) is 13.7 Å². The Balaban J connectivity index is 0.00000200. The number of hydrogen-bond donors (Lipinski definition) is 2. The second kappa shape index (κ2) is 8.34. The van der Waals surface area contributed by atoms with E-state index >= 15 is 0 Å². The van der Waals surface area contributed by atoms with Crippen molar-refractivity contribution in [2.24, 2.45) is 10.9 Å². The molecular formula is C15H24IN3O. The Morgan fingerprint density at radius 3 is 2.80 bits per heavy atom. The molecule has 2 atom stereocenters. The lowest BCUT2D eigenvalue weighted by Gasteiger charge is -2.12. The molecule has 0 amide bonds. The van der Waals surface area contributed by atoms with Crippen LogP contribution in [0.1, 0.15) is 25.8 Å². The Kier molecular flexibility index (Phi) is 7.12. The second-order valence-corrected chi connectivity index (χ2v) is 4.97. The van der Waals surface area contributed by atoms with Crippen LogP contribution in [-0.4, -0.2) is 25.7 Å². The third-order valence-corrected chi connectivity index (χ3v) is 3.32. The van der Waals surface area contributed by atoms with Gasteiger partial charge >= 0.3 is 0 Å². The molecule has 2 N–H and O–H groups in total. The minimum Gasteiger partial charge on any atom is -0.494 e. The van der Waals surface area contributed by atoms with E-state index in [2.05, 4.69) is 34.7 Å². The van der Waals surface area contributed by atoms with Gasteiger partial charge in [0.15, 0.2) is 5.96 Å². The highest BCUT2D eigenvalue weighted by molar-refractivity contribution is 14.0. The Labute approximate surface area is 138 Å². The first kappa shape index (κ1) is 17.1. The van der Waals surface area contributed by atoms with Gasteiger partial charge in [0, 0.05) is 19.6 Å². The molecule has 2 unspecified atom stereocenters. The van der Waals surface area contributed by atoms with E-state index < -0.39 is 0 Å². The van der Waals surface area contributed by atoms with Crippen molar-refractivity contribution in [1.29, 1.82) is 0 Å². The van der Waals surface area contributed by atoms with Gasteiger partial charge in [-0.2, -0.15) is 0 Å². The van der Waals surface area contributed by atoms with Gasteiger partial charge in [0.25, 0.3) is 0 Å². The number of rotatable bonds is 5. The van der Waals surface area contributed by atoms with Crippen LogP contribution in [0.2, 0.25) is 0 Å². The fourth-order valence-corrected chi connectivity index (χ4v) is 1.99. The van der Waals surface area contributed by atoms with Crippen molar-refractivity contribution in [3.05, 3.63) is 29.8 Å². The van der Waals surface area contributed by atoms with Gasteiger partial charge in [-0.05, 0) is 37.0 Å². The van der Waals surface area contributed by atoms with E-state index in [0.717, 1.165) is 24.2 Å². The van der Waals surface area contributed by atoms with E-state index in [1.165, 1.54) is 12.0 Å². The van der Waals surface area contributed by atoms with E-state index in [0.29, 0.717) is 12.6 Å². The van der Waals surface area contributed by atoms with E-state index in [1.807, 2.05) is 19.1 Å². The maximum atomic E-state index is 5.49. The first-order chi connectivity index (χ1) is 9.22. The molecule has 112 valence electrons. The highest BCUT2D eigenvalue weighted by Gasteiger charge is 2.33. The van der Waals surface area contributed by atoms with Crippen molar-refractivity contribution in [1.82, 2.24) is 10.6 Å². The number of aliphatic imine (C=N–C) groups is 1. The van der Waals surface area contributed by atoms with Crippen molar-refractivity contribution in [3.63, 3.8) is 0 Å². The van der Waals surface area contributed by atoms with Crippen LogP contribution in [-0.2, 0) is 6.54 Å². The molecule has 0 aromatic heterocycles. The number of guanidine groups is 1. The molecular weight excluding hydrogens is 365 g/mol. The van der Waals surface area contributed by atoms with Crippen molar-refractivity contribution < 1.29 is 4.74 Å². The predicted molar refractivity (Wildman–Crippen MR) is 93.9 cm³/mol. The molecule has 0 heterocycles. The standard InChI is InChI=1S/C15H23N3O.HI/c1-4-19-13-7-5-6-12(9-13)10-17-15(16-3)18-14-8-11(14)2;/h5-7,9,11,14H,4,8,10H2,1-3H3,(H2,16,17,18);1H. The van der Waals surface area contributed by atoms with Crippen LogP contribution in [0.5, 0.6) is 5.75 Å². The van der Waals surface area contributed by atoms with Crippen LogP contribution in [0.4, 0.5) is 0 Å². The summed E-state index contributed by atoms with van der Waals surface area (Å²) in [6.07, 6.45) is 1.24. The number of halogens is 1. The number of nitrogens with zero attached hydrogens (tertiary/aromatic N) is 1. The minimum absolute atomic E-state index is 0. The summed E-state index contributed by atoms with van der Waals surface area (Å²) in [5.41, 5.74) is 1.19. The topological polar surface area (TPSA) is 45.6 Å². The zero-order chi connectivity index (χ0) is 13.7. The maximum Gasteiger partial charge on any atom is 0.191 e. The Morgan fingerprint density at radius 1 is 1.45 bits per heavy atom. The monoisotopic (exact) mass is 389 g/mol. The minimum atomic E-state index is 0. The third-order valence-electron chi connectivity index (χ3n) is 3.32. The van der Waals surface area contributed by atoms with E-state index in [-0.39, 0.29) is 24.0 Å². The van der Waals surface area contributed by atoms with Gasteiger partial charge in [0.2, 0.25) is 0 Å². The van der Waals surface area contributed by atoms with Crippen molar-refractivity contribution in [3.8, 4) is 5.75 Å². The van der Waals surface area contributed by atoms with Crippen LogP contribution in [0.25, 0.3) is 0 Å². The average Bonchev–Trinajstić information content (AvgIpc) is 3.11. The van der Waals surface area contributed by atoms with Gasteiger partial charge in [0.05, 0.1) is 6.61 Å². The molecule has 1 aliphatic rings. The molecule has 4 nitrogen and oxygen atoms in total. The third kappa shape index (κ3) is 5.19. The van der Waals surface area contributed by atoms with Crippen LogP contribution in [0.15, 0.2) is 29.3 Å². The van der Waals surface area contributed by atoms with Crippen LogP contribution in [0.3, 0.4) is 0 Å². The van der Waals surface area contributed by atoms with Gasteiger partial charge in [-0.3, -0.25) is 4.99 Å². The lowest BCUT2D eigenvalue weighted by molar-refractivity contribution is 0.340. The zero-order valence-electron chi connectivity index (χ0n) is 12.3. The van der Waals surface area contributed by atoms with Crippen molar-refractivity contribution in [2.45, 2.75) is 32.9 Å². The van der Waals surface area contributed by atoms with Crippen LogP contribution >= 0.6 is 24.0 Å². The lowest BCUT2D eigenvalue weighted by Crippen LogP contribution is -2.38. The molecule has 1 aromatic carbocycles. The molecule has 0 radical (unpaired) electrons. The molecule has 0 spiro atoms. The molecule has 1 saturated carbocycles. The summed E-state index contributed by atoms with van der Waals surface area (Å²) in [6, 6.07) is 8.72. The first-order valence-electron chi connectivity index (χ1n) is 6.92. The summed E-state index contributed by atoms with van der Waals surface area (Å²) in [6.45, 7) is 5.69. The van der Waals surface area contributed by atoms with E-state index in [9.17, 15) is 0 Å². The molecule has 20 heavy (non-hydrogen) atoms. The normalized spacial score (nSPS) is 20.9. The molecule has 2 rings (SSSR count). The molecule has 1 aliphatic carbocycles. The van der Waals surface area contributed by atoms with Gasteiger partial charge < -0.3 is 15.4 Å². The highest BCUT2D eigenvalue weighted by atomic mass is 127. The molecule has 1 fully saturated rings.